The summed E-state index contributed by atoms with van der Waals surface area (Å²) < 4.78 is 1.83. The number of nitrogens with zero attached hydrogens (tertiary/aromatic N) is 3. The highest BCUT2D eigenvalue weighted by molar-refractivity contribution is 5.96. The van der Waals surface area contributed by atoms with Crippen molar-refractivity contribution >= 4 is 11.7 Å². The van der Waals surface area contributed by atoms with Gasteiger partial charge in [-0.25, -0.2) is 4.68 Å². The van der Waals surface area contributed by atoms with E-state index in [1.807, 2.05) is 17.7 Å². The number of carbonyl (C=O) groups excluding carboxylic acids is 1. The van der Waals surface area contributed by atoms with Crippen LogP contribution in [-0.2, 0) is 11.3 Å². The molecule has 14 heavy (non-hydrogen) atoms. The van der Waals surface area contributed by atoms with Gasteiger partial charge in [-0.05, 0) is 13.3 Å². The second-order valence-corrected chi connectivity index (χ2v) is 3.66. The van der Waals surface area contributed by atoms with Crippen LogP contribution in [0.4, 0.5) is 5.82 Å². The van der Waals surface area contributed by atoms with Crippen molar-refractivity contribution in [2.45, 2.75) is 25.9 Å². The number of nitrogens with two attached hydrogens (primary N) is 1. The topological polar surface area (TPSA) is 64.2 Å². The molecule has 0 saturated carbocycles. The molecule has 0 aromatic carbocycles. The first-order valence-electron chi connectivity index (χ1n) is 4.67. The van der Waals surface area contributed by atoms with E-state index in [-0.39, 0.29) is 5.91 Å². The van der Waals surface area contributed by atoms with Crippen molar-refractivity contribution in [1.82, 2.24) is 9.78 Å². The summed E-state index contributed by atoms with van der Waals surface area (Å²) in [5, 5.41) is 4.30. The third-order valence-corrected chi connectivity index (χ3v) is 2.52. The van der Waals surface area contributed by atoms with Crippen LogP contribution < -0.4 is 10.6 Å². The van der Waals surface area contributed by atoms with Gasteiger partial charge in [-0.1, -0.05) is 0 Å². The summed E-state index contributed by atoms with van der Waals surface area (Å²) >= 11 is 0. The Bertz CT molecular complexity index is 371. The number of hydrogen-bond donors (Lipinski definition) is 1. The van der Waals surface area contributed by atoms with Gasteiger partial charge in [0.15, 0.2) is 0 Å². The average molecular weight is 194 g/mol. The first-order valence-corrected chi connectivity index (χ1v) is 4.67. The van der Waals surface area contributed by atoms with E-state index in [0.717, 1.165) is 11.5 Å². The third kappa shape index (κ3) is 1.29. The van der Waals surface area contributed by atoms with Crippen LogP contribution in [0.25, 0.3) is 0 Å². The van der Waals surface area contributed by atoms with Gasteiger partial charge in [0.1, 0.15) is 5.82 Å². The molecule has 0 fully saturated rings. The molecule has 1 aromatic rings. The Morgan fingerprint density at radius 3 is 3.07 bits per heavy atom. The molecule has 1 amide bonds. The fourth-order valence-corrected chi connectivity index (χ4v) is 1.71. The highest BCUT2D eigenvalue weighted by Crippen LogP contribution is 2.19. The molecule has 0 aliphatic carbocycles. The molecule has 0 saturated heterocycles. The van der Waals surface area contributed by atoms with Crippen LogP contribution in [0.2, 0.25) is 0 Å². The Balaban J connectivity index is 2.43. The van der Waals surface area contributed by atoms with Crippen molar-refractivity contribution in [1.29, 1.82) is 0 Å². The molecule has 5 nitrogen and oxygen atoms in total. The summed E-state index contributed by atoms with van der Waals surface area (Å²) in [4.78, 5) is 13.3. The summed E-state index contributed by atoms with van der Waals surface area (Å²) in [6.45, 7) is 2.63. The zero-order chi connectivity index (χ0) is 10.3. The lowest BCUT2D eigenvalue weighted by Crippen LogP contribution is -2.40. The summed E-state index contributed by atoms with van der Waals surface area (Å²) in [5.41, 5.74) is 6.64. The van der Waals surface area contributed by atoms with Crippen LogP contribution in [-0.4, -0.2) is 28.8 Å². The van der Waals surface area contributed by atoms with Crippen molar-refractivity contribution in [2.75, 3.05) is 11.9 Å². The number of aromatic nitrogens is 2. The van der Waals surface area contributed by atoms with Crippen LogP contribution >= 0.6 is 0 Å². The van der Waals surface area contributed by atoms with E-state index in [9.17, 15) is 4.79 Å². The fourth-order valence-electron chi connectivity index (χ4n) is 1.71. The normalized spacial score (nSPS) is 22.1. The molecule has 0 radical (unpaired) electrons. The molecular weight excluding hydrogens is 180 g/mol. The second kappa shape index (κ2) is 3.09. The largest absolute Gasteiger partial charge is 0.320 e. The van der Waals surface area contributed by atoms with Gasteiger partial charge >= 0.3 is 0 Å². The zero-order valence-electron chi connectivity index (χ0n) is 8.40. The van der Waals surface area contributed by atoms with Crippen LogP contribution in [0.1, 0.15) is 12.1 Å². The summed E-state index contributed by atoms with van der Waals surface area (Å²) in [6, 6.07) is 1.50. The predicted octanol–water partition coefficient (Wildman–Crippen LogP) is -0.115. The van der Waals surface area contributed by atoms with Gasteiger partial charge in [0.2, 0.25) is 5.91 Å². The van der Waals surface area contributed by atoms with Gasteiger partial charge in [0, 0.05) is 19.7 Å². The summed E-state index contributed by atoms with van der Waals surface area (Å²) in [6.07, 6.45) is 0.650. The van der Waals surface area contributed by atoms with Crippen molar-refractivity contribution in [3.63, 3.8) is 0 Å². The SMILES string of the molecule is Cc1cc2n(n1)CC[C@@H](N)C(=O)N2C. The first kappa shape index (κ1) is 9.21. The first-order chi connectivity index (χ1) is 6.59. The fraction of sp³-hybridized carbons (Fsp3) is 0.556. The van der Waals surface area contributed by atoms with Crippen molar-refractivity contribution < 1.29 is 4.79 Å². The van der Waals surface area contributed by atoms with Gasteiger partial charge < -0.3 is 5.73 Å². The quantitative estimate of drug-likeness (QED) is 0.626. The maximum Gasteiger partial charge on any atom is 0.244 e. The van der Waals surface area contributed by atoms with Gasteiger partial charge in [-0.15, -0.1) is 0 Å². The Hall–Kier alpha value is -1.36. The van der Waals surface area contributed by atoms with Gasteiger partial charge in [0.25, 0.3) is 0 Å². The van der Waals surface area contributed by atoms with E-state index in [0.29, 0.717) is 13.0 Å². The predicted molar refractivity (Wildman–Crippen MR) is 53.0 cm³/mol. The monoisotopic (exact) mass is 194 g/mol. The molecule has 0 unspecified atom stereocenters. The summed E-state index contributed by atoms with van der Waals surface area (Å²) in [7, 11) is 1.74. The Labute approximate surface area is 82.5 Å². The molecule has 76 valence electrons. The number of rotatable bonds is 0. The van der Waals surface area contributed by atoms with Crippen LogP contribution in [0, 0.1) is 6.92 Å². The van der Waals surface area contributed by atoms with E-state index >= 15 is 0 Å². The second-order valence-electron chi connectivity index (χ2n) is 3.66. The molecule has 2 rings (SSSR count). The maximum absolute atomic E-state index is 11.7. The number of likely N-dealkylation sites (N-methyl/N-ethyl adjacent to an activating group) is 1. The molecule has 2 heterocycles. The van der Waals surface area contributed by atoms with E-state index in [4.69, 9.17) is 5.73 Å². The Morgan fingerprint density at radius 2 is 2.36 bits per heavy atom. The van der Waals surface area contributed by atoms with Crippen LogP contribution in [0.3, 0.4) is 0 Å². The van der Waals surface area contributed by atoms with Crippen molar-refractivity contribution in [2.24, 2.45) is 5.73 Å². The number of aryl methyl sites for hydroxylation is 2. The zero-order valence-corrected chi connectivity index (χ0v) is 8.40. The van der Waals surface area contributed by atoms with Crippen molar-refractivity contribution in [3.8, 4) is 0 Å². The van der Waals surface area contributed by atoms with E-state index in [1.165, 1.54) is 0 Å². The lowest BCUT2D eigenvalue weighted by atomic mass is 10.2. The number of anilines is 1. The molecule has 1 atom stereocenters. The molecule has 0 bridgehead atoms. The highest BCUT2D eigenvalue weighted by atomic mass is 16.2. The van der Waals surface area contributed by atoms with Gasteiger partial charge in [0.05, 0.1) is 11.7 Å². The van der Waals surface area contributed by atoms with Crippen LogP contribution in [0.15, 0.2) is 6.07 Å². The molecular formula is C9H14N4O. The van der Waals surface area contributed by atoms with Gasteiger partial charge in [-0.3, -0.25) is 9.69 Å². The maximum atomic E-state index is 11.7. The molecule has 1 aliphatic rings. The van der Waals surface area contributed by atoms with Gasteiger partial charge in [-0.2, -0.15) is 5.10 Å². The molecule has 5 heteroatoms. The lowest BCUT2D eigenvalue weighted by molar-refractivity contribution is -0.119. The number of fused-ring (bicyclic) bond motifs is 1. The van der Waals surface area contributed by atoms with E-state index in [2.05, 4.69) is 5.10 Å². The Kier molecular flexibility index (Phi) is 2.03. The summed E-state index contributed by atoms with van der Waals surface area (Å²) in [5.74, 6) is 0.795. The minimum atomic E-state index is -0.401. The molecule has 0 spiro atoms. The highest BCUT2D eigenvalue weighted by Gasteiger charge is 2.25. The molecule has 1 aliphatic heterocycles. The Morgan fingerprint density at radius 1 is 1.64 bits per heavy atom. The number of hydrogen-bond acceptors (Lipinski definition) is 3. The number of carbonyl (C=O) groups is 1. The van der Waals surface area contributed by atoms with Crippen molar-refractivity contribution in [3.05, 3.63) is 11.8 Å². The minimum Gasteiger partial charge on any atom is -0.320 e. The standard InChI is InChI=1S/C9H14N4O/c1-6-5-8-12(2)9(14)7(10)3-4-13(8)11-6/h5,7H,3-4,10H2,1-2H3/t7-/m1/s1. The van der Waals surface area contributed by atoms with E-state index in [1.54, 1.807) is 11.9 Å². The lowest BCUT2D eigenvalue weighted by Gasteiger charge is -2.16. The minimum absolute atomic E-state index is 0.0383. The average Bonchev–Trinajstić information content (AvgIpc) is 2.49. The number of amides is 1. The molecule has 1 aromatic heterocycles. The van der Waals surface area contributed by atoms with E-state index < -0.39 is 6.04 Å². The third-order valence-electron chi connectivity index (χ3n) is 2.52. The van der Waals surface area contributed by atoms with Crippen LogP contribution in [0.5, 0.6) is 0 Å². The molecule has 2 N–H and O–H groups in total. The smallest absolute Gasteiger partial charge is 0.244 e.